The first-order chi connectivity index (χ1) is 21.2. The summed E-state index contributed by atoms with van der Waals surface area (Å²) in [7, 11) is 0. The van der Waals surface area contributed by atoms with Crippen LogP contribution in [0.15, 0.2) is 66.9 Å². The molecule has 1 aliphatic heterocycles. The Kier molecular flexibility index (Phi) is 8.00. The van der Waals surface area contributed by atoms with Crippen molar-refractivity contribution in [1.82, 2.24) is 14.8 Å². The van der Waals surface area contributed by atoms with E-state index in [1.54, 1.807) is 13.1 Å². The van der Waals surface area contributed by atoms with Crippen molar-refractivity contribution < 1.29 is 36.9 Å². The number of rotatable bonds is 9. The molecule has 12 heteroatoms. The summed E-state index contributed by atoms with van der Waals surface area (Å²) in [5.41, 5.74) is 9.37. The summed E-state index contributed by atoms with van der Waals surface area (Å²) in [6.07, 6.45) is -2.97. The molecule has 0 bridgehead atoms. The van der Waals surface area contributed by atoms with Gasteiger partial charge in [0.15, 0.2) is 0 Å². The Morgan fingerprint density at radius 2 is 1.89 bits per heavy atom. The van der Waals surface area contributed by atoms with Gasteiger partial charge in [0.25, 0.3) is 0 Å². The number of carbonyl (C=O) groups excluding carboxylic acids is 1. The fourth-order valence-electron chi connectivity index (χ4n) is 5.53. The third-order valence-electron chi connectivity index (χ3n) is 7.49. The average molecular weight is 607 g/mol. The summed E-state index contributed by atoms with van der Waals surface area (Å²) in [6.45, 7) is 2.73. The van der Waals surface area contributed by atoms with E-state index in [4.69, 9.17) is 25.0 Å². The highest BCUT2D eigenvalue weighted by Crippen LogP contribution is 2.37. The van der Waals surface area contributed by atoms with E-state index in [0.29, 0.717) is 24.7 Å². The lowest BCUT2D eigenvalue weighted by atomic mass is 9.97. The van der Waals surface area contributed by atoms with Crippen molar-refractivity contribution in [3.63, 3.8) is 0 Å². The predicted molar refractivity (Wildman–Crippen MR) is 157 cm³/mol. The lowest BCUT2D eigenvalue weighted by Crippen LogP contribution is -2.19. The van der Waals surface area contributed by atoms with Crippen molar-refractivity contribution in [3.8, 4) is 22.6 Å². The van der Waals surface area contributed by atoms with Crippen LogP contribution in [0.4, 0.5) is 19.0 Å². The lowest BCUT2D eigenvalue weighted by molar-refractivity contribution is -0.275. The molecular weight excluding hydrogens is 577 g/mol. The third-order valence-corrected chi connectivity index (χ3v) is 7.49. The molecule has 0 spiro atoms. The molecule has 2 N–H and O–H groups in total. The van der Waals surface area contributed by atoms with Crippen molar-refractivity contribution in [2.24, 2.45) is 0 Å². The minimum atomic E-state index is -4.96. The van der Waals surface area contributed by atoms with E-state index in [1.807, 2.05) is 47.1 Å². The van der Waals surface area contributed by atoms with Crippen LogP contribution >= 0.6 is 0 Å². The number of nitrogens with two attached hydrogens (primary N) is 1. The van der Waals surface area contributed by atoms with Crippen molar-refractivity contribution in [3.05, 3.63) is 78.1 Å². The zero-order valence-electron chi connectivity index (χ0n) is 23.8. The van der Waals surface area contributed by atoms with Gasteiger partial charge in [-0.05, 0) is 60.2 Å². The number of ether oxygens (including phenoxy) is 4. The molecule has 5 aromatic rings. The number of anilines is 1. The Balaban J connectivity index is 1.41. The maximum absolute atomic E-state index is 13.2. The van der Waals surface area contributed by atoms with Gasteiger partial charge < -0.3 is 24.7 Å². The van der Waals surface area contributed by atoms with Gasteiger partial charge in [0.2, 0.25) is 0 Å². The summed E-state index contributed by atoms with van der Waals surface area (Å²) in [6, 6.07) is 17.8. The average Bonchev–Trinajstić information content (AvgIpc) is 3.65. The maximum atomic E-state index is 13.2. The second-order valence-corrected chi connectivity index (χ2v) is 10.3. The Labute approximate surface area is 250 Å². The molecule has 9 nitrogen and oxygen atoms in total. The van der Waals surface area contributed by atoms with E-state index in [0.717, 1.165) is 45.3 Å². The molecule has 0 aliphatic carbocycles. The van der Waals surface area contributed by atoms with Crippen molar-refractivity contribution in [2.75, 3.05) is 25.6 Å². The molecule has 1 atom stereocenters. The Bertz CT molecular complexity index is 1830. The van der Waals surface area contributed by atoms with E-state index in [1.165, 1.54) is 12.1 Å². The highest BCUT2D eigenvalue weighted by molar-refractivity contribution is 6.02. The molecule has 3 aromatic carbocycles. The summed E-state index contributed by atoms with van der Waals surface area (Å²) >= 11 is 0. The molecule has 6 rings (SSSR count). The van der Waals surface area contributed by atoms with Crippen LogP contribution in [0.25, 0.3) is 32.8 Å². The van der Waals surface area contributed by atoms with Crippen LogP contribution in [0.2, 0.25) is 0 Å². The zero-order chi connectivity index (χ0) is 30.8. The van der Waals surface area contributed by atoms with E-state index in [-0.39, 0.29) is 30.6 Å². The number of hydrogen-bond acceptors (Lipinski definition) is 8. The highest BCUT2D eigenvalue weighted by atomic mass is 19.4. The van der Waals surface area contributed by atoms with Gasteiger partial charge in [0.05, 0.1) is 31.2 Å². The molecule has 0 saturated carbocycles. The number of pyridine rings is 1. The minimum Gasteiger partial charge on any atom is -0.487 e. The van der Waals surface area contributed by atoms with Gasteiger partial charge in [-0.15, -0.1) is 13.2 Å². The molecule has 228 valence electrons. The van der Waals surface area contributed by atoms with Gasteiger partial charge in [-0.2, -0.15) is 5.10 Å². The van der Waals surface area contributed by atoms with E-state index >= 15 is 0 Å². The molecule has 1 aliphatic rings. The van der Waals surface area contributed by atoms with Crippen molar-refractivity contribution >= 4 is 33.5 Å². The molecule has 0 amide bonds. The molecule has 44 heavy (non-hydrogen) atoms. The zero-order valence-corrected chi connectivity index (χ0v) is 23.8. The van der Waals surface area contributed by atoms with Crippen LogP contribution in [0.5, 0.6) is 11.5 Å². The fraction of sp³-hybridized carbons (Fsp3) is 0.281. The number of nitrogens with zero attached hydrogens (tertiary/aromatic N) is 3. The first-order valence-corrected chi connectivity index (χ1v) is 14.1. The molecule has 2 aromatic heterocycles. The van der Waals surface area contributed by atoms with Gasteiger partial charge in [0.1, 0.15) is 29.6 Å². The van der Waals surface area contributed by atoms with Crippen LogP contribution in [0.3, 0.4) is 0 Å². The molecular formula is C32H29F3N4O5. The molecule has 1 saturated heterocycles. The Morgan fingerprint density at radius 3 is 2.66 bits per heavy atom. The topological polar surface area (TPSA) is 111 Å². The monoisotopic (exact) mass is 606 g/mol. The molecule has 3 heterocycles. The smallest absolute Gasteiger partial charge is 0.487 e. The van der Waals surface area contributed by atoms with E-state index in [9.17, 15) is 18.0 Å². The largest absolute Gasteiger partial charge is 0.573 e. The minimum absolute atomic E-state index is 0.0171. The summed E-state index contributed by atoms with van der Waals surface area (Å²) < 4.78 is 62.4. The first kappa shape index (κ1) is 29.2. The van der Waals surface area contributed by atoms with Crippen LogP contribution in [-0.2, 0) is 27.3 Å². The van der Waals surface area contributed by atoms with Crippen LogP contribution < -0.4 is 15.2 Å². The standard InChI is InChI=1S/C32H29F3N4O5/c1-2-42-30(40)16-25-28(7-4-8-29(25)44-32(33,34)35)43-18-26-24-15-19(9-10-27(24)39(38-26)20-12-14-41-17-20)21-5-3-6-23-22(21)11-13-37-31(23)36/h3-11,13,15,20H,2,12,14,16-18H2,1H3,(H2,36,37). The second kappa shape index (κ2) is 12.0. The number of benzene rings is 3. The van der Waals surface area contributed by atoms with Crippen LogP contribution in [0, 0.1) is 0 Å². The fourth-order valence-corrected chi connectivity index (χ4v) is 5.53. The molecule has 1 unspecified atom stereocenters. The number of alkyl halides is 3. The number of halogens is 3. The Morgan fingerprint density at radius 1 is 1.07 bits per heavy atom. The summed E-state index contributed by atoms with van der Waals surface area (Å²) in [5.74, 6) is -0.750. The quantitative estimate of drug-likeness (QED) is 0.193. The van der Waals surface area contributed by atoms with Gasteiger partial charge in [0, 0.05) is 29.1 Å². The SMILES string of the molecule is CCOC(=O)Cc1c(OCc2nn(C3CCOC3)c3ccc(-c4cccc5c(N)nccc45)cc23)cccc1OC(F)(F)F. The normalized spacial score (nSPS) is 15.1. The number of fused-ring (bicyclic) bond motifs is 2. The number of carbonyl (C=O) groups is 1. The third kappa shape index (κ3) is 5.98. The first-order valence-electron chi connectivity index (χ1n) is 14.1. The maximum Gasteiger partial charge on any atom is 0.573 e. The van der Waals surface area contributed by atoms with Crippen LogP contribution in [0.1, 0.15) is 30.6 Å². The number of esters is 1. The Hall–Kier alpha value is -4.84. The summed E-state index contributed by atoms with van der Waals surface area (Å²) in [5, 5.41) is 7.47. The molecule has 1 fully saturated rings. The van der Waals surface area contributed by atoms with Crippen LogP contribution in [-0.4, -0.2) is 46.9 Å². The lowest BCUT2D eigenvalue weighted by Gasteiger charge is -2.16. The van der Waals surface area contributed by atoms with Crippen molar-refractivity contribution in [2.45, 2.75) is 38.8 Å². The molecule has 0 radical (unpaired) electrons. The predicted octanol–water partition coefficient (Wildman–Crippen LogP) is 6.38. The highest BCUT2D eigenvalue weighted by Gasteiger charge is 2.33. The van der Waals surface area contributed by atoms with Gasteiger partial charge in [-0.3, -0.25) is 9.48 Å². The van der Waals surface area contributed by atoms with Gasteiger partial charge >= 0.3 is 12.3 Å². The van der Waals surface area contributed by atoms with Gasteiger partial charge in [-0.25, -0.2) is 4.98 Å². The van der Waals surface area contributed by atoms with Crippen molar-refractivity contribution in [1.29, 1.82) is 0 Å². The number of nitrogen functional groups attached to an aromatic ring is 1. The summed E-state index contributed by atoms with van der Waals surface area (Å²) in [4.78, 5) is 16.5. The number of aromatic nitrogens is 3. The van der Waals surface area contributed by atoms with Gasteiger partial charge in [-0.1, -0.05) is 30.3 Å². The van der Waals surface area contributed by atoms with E-state index in [2.05, 4.69) is 9.72 Å². The number of hydrogen-bond donors (Lipinski definition) is 1. The second-order valence-electron chi connectivity index (χ2n) is 10.3. The van der Waals surface area contributed by atoms with E-state index < -0.39 is 24.5 Å².